The predicted octanol–water partition coefficient (Wildman–Crippen LogP) is 2.63. The molecule has 1 aliphatic carbocycles. The van der Waals surface area contributed by atoms with Crippen molar-refractivity contribution in [3.8, 4) is 0 Å². The fourth-order valence-electron chi connectivity index (χ4n) is 2.31. The van der Waals surface area contributed by atoms with Crippen LogP contribution in [0, 0.1) is 6.92 Å². The topological polar surface area (TPSA) is 64.0 Å². The van der Waals surface area contributed by atoms with Crippen LogP contribution in [0.3, 0.4) is 0 Å². The summed E-state index contributed by atoms with van der Waals surface area (Å²) < 4.78 is 1.27. The van der Waals surface area contributed by atoms with Crippen LogP contribution in [0.25, 0.3) is 0 Å². The average molecular weight is 297 g/mol. The smallest absolute Gasteiger partial charge is 0.267 e. The van der Waals surface area contributed by atoms with Crippen molar-refractivity contribution in [2.45, 2.75) is 38.6 Å². The lowest BCUT2D eigenvalue weighted by molar-refractivity contribution is -0.119. The molecule has 0 bridgehead atoms. The van der Waals surface area contributed by atoms with E-state index in [1.54, 1.807) is 13.0 Å². The summed E-state index contributed by atoms with van der Waals surface area (Å²) in [6.07, 6.45) is 2.21. The summed E-state index contributed by atoms with van der Waals surface area (Å²) in [6, 6.07) is 10.2. The van der Waals surface area contributed by atoms with Gasteiger partial charge in [-0.15, -0.1) is 0 Å². The molecule has 1 fully saturated rings. The van der Waals surface area contributed by atoms with E-state index < -0.39 is 6.04 Å². The van der Waals surface area contributed by atoms with Gasteiger partial charge in [0.15, 0.2) is 0 Å². The molecule has 5 heteroatoms. The molecule has 1 aromatic heterocycles. The second kappa shape index (κ2) is 5.75. The van der Waals surface area contributed by atoms with Crippen LogP contribution in [0.15, 0.2) is 41.2 Å². The molecule has 5 nitrogen and oxygen atoms in total. The molecule has 1 heterocycles. The second-order valence-electron chi connectivity index (χ2n) is 5.85. The van der Waals surface area contributed by atoms with E-state index in [0.717, 1.165) is 24.1 Å². The number of benzene rings is 1. The van der Waals surface area contributed by atoms with Gasteiger partial charge >= 0.3 is 0 Å². The van der Waals surface area contributed by atoms with E-state index in [1.807, 2.05) is 31.2 Å². The van der Waals surface area contributed by atoms with Crippen molar-refractivity contribution in [2.75, 3.05) is 5.32 Å². The molecule has 3 rings (SSSR count). The van der Waals surface area contributed by atoms with Gasteiger partial charge in [-0.05, 0) is 44.9 Å². The lowest BCUT2D eigenvalue weighted by atomic mass is 10.2. The molecule has 2 aromatic rings. The predicted molar refractivity (Wildman–Crippen MR) is 85.0 cm³/mol. The Hall–Kier alpha value is -2.43. The number of amides is 1. The molecule has 22 heavy (non-hydrogen) atoms. The van der Waals surface area contributed by atoms with Gasteiger partial charge in [0.2, 0.25) is 5.91 Å². The third kappa shape index (κ3) is 3.08. The number of rotatable bonds is 4. The number of anilines is 1. The lowest BCUT2D eigenvalue weighted by Gasteiger charge is -2.15. The Labute approximate surface area is 129 Å². The highest BCUT2D eigenvalue weighted by molar-refractivity contribution is 5.93. The molecule has 0 aliphatic heterocycles. The lowest BCUT2D eigenvalue weighted by Crippen LogP contribution is -2.33. The minimum Gasteiger partial charge on any atom is -0.324 e. The number of nitrogens with zero attached hydrogens (tertiary/aromatic N) is 2. The van der Waals surface area contributed by atoms with Gasteiger partial charge in [0, 0.05) is 17.7 Å². The maximum Gasteiger partial charge on any atom is 0.267 e. The molecular weight excluding hydrogens is 278 g/mol. The zero-order valence-corrected chi connectivity index (χ0v) is 12.7. The molecule has 1 aromatic carbocycles. The van der Waals surface area contributed by atoms with E-state index in [9.17, 15) is 9.59 Å². The van der Waals surface area contributed by atoms with Gasteiger partial charge in [-0.3, -0.25) is 9.59 Å². The van der Waals surface area contributed by atoms with Gasteiger partial charge < -0.3 is 5.32 Å². The van der Waals surface area contributed by atoms with Crippen LogP contribution in [-0.2, 0) is 4.79 Å². The van der Waals surface area contributed by atoms with Crippen molar-refractivity contribution >= 4 is 11.6 Å². The largest absolute Gasteiger partial charge is 0.324 e. The highest BCUT2D eigenvalue weighted by Crippen LogP contribution is 2.38. The molecule has 1 atom stereocenters. The molecule has 114 valence electrons. The van der Waals surface area contributed by atoms with Crippen molar-refractivity contribution in [3.63, 3.8) is 0 Å². The maximum absolute atomic E-state index is 12.3. The number of hydrogen-bond acceptors (Lipinski definition) is 3. The first-order valence-corrected chi connectivity index (χ1v) is 7.52. The highest BCUT2D eigenvalue weighted by atomic mass is 16.2. The van der Waals surface area contributed by atoms with E-state index in [1.165, 1.54) is 10.7 Å². The number of hydrogen-bond donors (Lipinski definition) is 1. The van der Waals surface area contributed by atoms with Crippen molar-refractivity contribution in [2.24, 2.45) is 0 Å². The Kier molecular flexibility index (Phi) is 3.79. The third-order valence-electron chi connectivity index (χ3n) is 3.91. The Morgan fingerprint density at radius 2 is 1.91 bits per heavy atom. The van der Waals surface area contributed by atoms with Crippen molar-refractivity contribution in [3.05, 3.63) is 58.0 Å². The number of aromatic nitrogens is 2. The van der Waals surface area contributed by atoms with Gasteiger partial charge in [0.1, 0.15) is 6.04 Å². The van der Waals surface area contributed by atoms with E-state index in [2.05, 4.69) is 10.4 Å². The van der Waals surface area contributed by atoms with Crippen molar-refractivity contribution < 1.29 is 4.79 Å². The quantitative estimate of drug-likeness (QED) is 0.943. The Bertz CT molecular complexity index is 745. The van der Waals surface area contributed by atoms with Crippen LogP contribution < -0.4 is 10.9 Å². The molecule has 1 saturated carbocycles. The Balaban J connectivity index is 1.79. The molecule has 0 radical (unpaired) electrons. The molecule has 0 spiro atoms. The number of nitrogens with one attached hydrogen (secondary N) is 1. The molecule has 1 aliphatic rings. The second-order valence-corrected chi connectivity index (χ2v) is 5.85. The zero-order chi connectivity index (χ0) is 15.7. The average Bonchev–Trinajstić information content (AvgIpc) is 3.34. The van der Waals surface area contributed by atoms with Gasteiger partial charge in [0.25, 0.3) is 5.56 Å². The monoisotopic (exact) mass is 297 g/mol. The highest BCUT2D eigenvalue weighted by Gasteiger charge is 2.27. The fourth-order valence-corrected chi connectivity index (χ4v) is 2.31. The number of aryl methyl sites for hydroxylation is 1. The van der Waals surface area contributed by atoms with E-state index in [-0.39, 0.29) is 11.5 Å². The summed E-state index contributed by atoms with van der Waals surface area (Å²) in [5, 5.41) is 7.17. The van der Waals surface area contributed by atoms with Crippen LogP contribution in [0.4, 0.5) is 5.69 Å². The van der Waals surface area contributed by atoms with Crippen LogP contribution in [-0.4, -0.2) is 15.7 Å². The molecular formula is C17H19N3O2. The standard InChI is InChI=1S/C17H19N3O2/c1-11-3-7-14(8-4-11)18-17(22)12(2)20-16(21)10-9-15(19-20)13-5-6-13/h3-4,7-10,12-13H,5-6H2,1-2H3,(H,18,22). The summed E-state index contributed by atoms with van der Waals surface area (Å²) in [5.74, 6) is 0.200. The summed E-state index contributed by atoms with van der Waals surface area (Å²) in [7, 11) is 0. The Morgan fingerprint density at radius 3 is 2.55 bits per heavy atom. The molecule has 1 amide bonds. The minimum atomic E-state index is -0.646. The Morgan fingerprint density at radius 1 is 1.23 bits per heavy atom. The summed E-state index contributed by atoms with van der Waals surface area (Å²) in [6.45, 7) is 3.68. The molecule has 0 saturated heterocycles. The van der Waals surface area contributed by atoms with E-state index in [4.69, 9.17) is 0 Å². The first-order chi connectivity index (χ1) is 10.5. The van der Waals surface area contributed by atoms with Gasteiger partial charge in [0.05, 0.1) is 5.69 Å². The van der Waals surface area contributed by atoms with Gasteiger partial charge in [-0.1, -0.05) is 17.7 Å². The normalized spacial score (nSPS) is 15.4. The van der Waals surface area contributed by atoms with Crippen LogP contribution in [0.2, 0.25) is 0 Å². The van der Waals surface area contributed by atoms with Crippen LogP contribution in [0.5, 0.6) is 0 Å². The van der Waals surface area contributed by atoms with Gasteiger partial charge in [-0.2, -0.15) is 5.10 Å². The maximum atomic E-state index is 12.3. The third-order valence-corrected chi connectivity index (χ3v) is 3.91. The zero-order valence-electron chi connectivity index (χ0n) is 12.7. The number of carbonyl (C=O) groups excluding carboxylic acids is 1. The SMILES string of the molecule is Cc1ccc(NC(=O)C(C)n2nc(C3CC3)ccc2=O)cc1. The summed E-state index contributed by atoms with van der Waals surface area (Å²) in [4.78, 5) is 24.3. The van der Waals surface area contributed by atoms with E-state index in [0.29, 0.717) is 11.6 Å². The fraction of sp³-hybridized carbons (Fsp3) is 0.353. The van der Waals surface area contributed by atoms with Gasteiger partial charge in [-0.25, -0.2) is 4.68 Å². The van der Waals surface area contributed by atoms with Crippen LogP contribution in [0.1, 0.15) is 43.0 Å². The van der Waals surface area contributed by atoms with Crippen LogP contribution >= 0.6 is 0 Å². The molecule has 1 unspecified atom stereocenters. The molecule has 1 N–H and O–H groups in total. The number of carbonyl (C=O) groups is 1. The summed E-state index contributed by atoms with van der Waals surface area (Å²) >= 11 is 0. The minimum absolute atomic E-state index is 0.244. The van der Waals surface area contributed by atoms with Crippen molar-refractivity contribution in [1.29, 1.82) is 0 Å². The summed E-state index contributed by atoms with van der Waals surface area (Å²) in [5.41, 5.74) is 2.49. The first-order valence-electron chi connectivity index (χ1n) is 7.52. The van der Waals surface area contributed by atoms with Crippen molar-refractivity contribution in [1.82, 2.24) is 9.78 Å². The van der Waals surface area contributed by atoms with E-state index >= 15 is 0 Å². The first kappa shape index (κ1) is 14.5.